The number of rotatable bonds is 7. The molecule has 0 radical (unpaired) electrons. The highest BCUT2D eigenvalue weighted by atomic mass is 79.9. The first-order chi connectivity index (χ1) is 9.29. The Balaban J connectivity index is 0.00000200. The Morgan fingerprint density at radius 2 is 1.95 bits per heavy atom. The van der Waals surface area contributed by atoms with E-state index >= 15 is 0 Å². The number of benzene rings is 1. The topological polar surface area (TPSA) is 12.0 Å². The average Bonchev–Trinajstić information content (AvgIpc) is 2.93. The first kappa shape index (κ1) is 17.7. The average molecular weight is 375 g/mol. The molecular weight excluding hydrogens is 354 g/mol. The fourth-order valence-corrected chi connectivity index (χ4v) is 3.13. The van der Waals surface area contributed by atoms with Crippen molar-refractivity contribution in [3.8, 4) is 0 Å². The molecular formula is C16H21BrClNS. The van der Waals surface area contributed by atoms with E-state index in [4.69, 9.17) is 0 Å². The Bertz CT molecular complexity index is 470. The summed E-state index contributed by atoms with van der Waals surface area (Å²) in [6, 6.07) is 13.5. The number of thiophene rings is 1. The molecule has 0 spiro atoms. The summed E-state index contributed by atoms with van der Waals surface area (Å²) in [5.41, 5.74) is 1.38. The van der Waals surface area contributed by atoms with Gasteiger partial charge in [-0.2, -0.15) is 0 Å². The second kappa shape index (κ2) is 9.56. The van der Waals surface area contributed by atoms with E-state index in [1.165, 1.54) is 16.9 Å². The van der Waals surface area contributed by atoms with Crippen LogP contribution in [0.3, 0.4) is 0 Å². The van der Waals surface area contributed by atoms with Gasteiger partial charge in [0.1, 0.15) is 0 Å². The predicted molar refractivity (Wildman–Crippen MR) is 95.1 cm³/mol. The summed E-state index contributed by atoms with van der Waals surface area (Å²) < 4.78 is 1.14. The first-order valence-electron chi connectivity index (χ1n) is 6.81. The third-order valence-corrected chi connectivity index (χ3v) is 4.64. The molecule has 1 aromatic heterocycles. The minimum atomic E-state index is 0. The highest BCUT2D eigenvalue weighted by Crippen LogP contribution is 2.22. The van der Waals surface area contributed by atoms with E-state index in [1.54, 1.807) is 0 Å². The van der Waals surface area contributed by atoms with Crippen molar-refractivity contribution in [1.29, 1.82) is 0 Å². The lowest BCUT2D eigenvalue weighted by Crippen LogP contribution is -2.22. The highest BCUT2D eigenvalue weighted by molar-refractivity contribution is 9.10. The molecule has 2 aromatic rings. The maximum Gasteiger partial charge on any atom is 0.0323 e. The molecule has 0 aliphatic rings. The lowest BCUT2D eigenvalue weighted by molar-refractivity contribution is 0.500. The van der Waals surface area contributed by atoms with Gasteiger partial charge in [-0.15, -0.1) is 23.7 Å². The van der Waals surface area contributed by atoms with Gasteiger partial charge < -0.3 is 5.32 Å². The molecule has 0 saturated heterocycles. The number of aryl methyl sites for hydroxylation is 1. The van der Waals surface area contributed by atoms with Crippen LogP contribution in [0.1, 0.15) is 36.2 Å². The van der Waals surface area contributed by atoms with Gasteiger partial charge in [0.2, 0.25) is 0 Å². The van der Waals surface area contributed by atoms with Crippen LogP contribution in [0.2, 0.25) is 0 Å². The second-order valence-electron chi connectivity index (χ2n) is 4.68. The molecule has 0 fully saturated rings. The van der Waals surface area contributed by atoms with E-state index in [1.807, 2.05) is 11.3 Å². The van der Waals surface area contributed by atoms with Crippen molar-refractivity contribution >= 4 is 39.7 Å². The van der Waals surface area contributed by atoms with Crippen molar-refractivity contribution in [2.24, 2.45) is 0 Å². The van der Waals surface area contributed by atoms with Gasteiger partial charge >= 0.3 is 0 Å². The van der Waals surface area contributed by atoms with Gasteiger partial charge in [0.25, 0.3) is 0 Å². The predicted octanol–water partition coefficient (Wildman–Crippen LogP) is 5.61. The van der Waals surface area contributed by atoms with Crippen molar-refractivity contribution in [3.05, 3.63) is 56.7 Å². The molecule has 0 aliphatic carbocycles. The van der Waals surface area contributed by atoms with Crippen molar-refractivity contribution in [2.45, 2.75) is 32.2 Å². The third kappa shape index (κ3) is 5.57. The zero-order valence-electron chi connectivity index (χ0n) is 11.6. The van der Waals surface area contributed by atoms with E-state index in [-0.39, 0.29) is 12.4 Å². The van der Waals surface area contributed by atoms with Crippen LogP contribution in [0.5, 0.6) is 0 Å². The molecule has 1 N–H and O–H groups in total. The van der Waals surface area contributed by atoms with E-state index < -0.39 is 0 Å². The van der Waals surface area contributed by atoms with Gasteiger partial charge in [-0.05, 0) is 54.9 Å². The highest BCUT2D eigenvalue weighted by Gasteiger charge is 2.10. The maximum absolute atomic E-state index is 3.66. The normalized spacial score (nSPS) is 11.9. The molecule has 1 aromatic carbocycles. The van der Waals surface area contributed by atoms with Gasteiger partial charge in [0, 0.05) is 15.4 Å². The molecule has 110 valence electrons. The number of nitrogens with one attached hydrogen (secondary N) is 1. The van der Waals surface area contributed by atoms with Crippen LogP contribution < -0.4 is 5.32 Å². The summed E-state index contributed by atoms with van der Waals surface area (Å²) in [5, 5.41) is 5.81. The van der Waals surface area contributed by atoms with Crippen molar-refractivity contribution < 1.29 is 0 Å². The van der Waals surface area contributed by atoms with E-state index in [0.717, 1.165) is 23.9 Å². The Morgan fingerprint density at radius 1 is 1.20 bits per heavy atom. The van der Waals surface area contributed by atoms with Gasteiger partial charge in [0.05, 0.1) is 0 Å². The molecule has 0 bridgehead atoms. The van der Waals surface area contributed by atoms with Gasteiger partial charge in [-0.25, -0.2) is 0 Å². The largest absolute Gasteiger partial charge is 0.310 e. The Kier molecular flexibility index (Phi) is 8.46. The molecule has 20 heavy (non-hydrogen) atoms. The molecule has 0 amide bonds. The van der Waals surface area contributed by atoms with Crippen molar-refractivity contribution in [2.75, 3.05) is 6.54 Å². The maximum atomic E-state index is 3.66. The Labute approximate surface area is 140 Å². The molecule has 1 nitrogen and oxygen atoms in total. The Hall–Kier alpha value is -0.350. The summed E-state index contributed by atoms with van der Waals surface area (Å²) in [5.74, 6) is 0. The van der Waals surface area contributed by atoms with Crippen LogP contribution in [-0.4, -0.2) is 6.54 Å². The number of halogens is 2. The smallest absolute Gasteiger partial charge is 0.0323 e. The zero-order chi connectivity index (χ0) is 13.5. The molecule has 1 atom stereocenters. The van der Waals surface area contributed by atoms with Crippen LogP contribution in [0.25, 0.3) is 0 Å². The van der Waals surface area contributed by atoms with Crippen LogP contribution in [0.15, 0.2) is 46.3 Å². The Morgan fingerprint density at radius 3 is 2.55 bits per heavy atom. The molecule has 0 saturated carbocycles. The minimum Gasteiger partial charge on any atom is -0.310 e. The summed E-state index contributed by atoms with van der Waals surface area (Å²) in [7, 11) is 0. The summed E-state index contributed by atoms with van der Waals surface area (Å²) in [6.45, 7) is 3.29. The minimum absolute atomic E-state index is 0. The van der Waals surface area contributed by atoms with Gasteiger partial charge in [-0.1, -0.05) is 41.1 Å². The van der Waals surface area contributed by atoms with Crippen LogP contribution in [0, 0.1) is 0 Å². The summed E-state index contributed by atoms with van der Waals surface area (Å²) in [6.07, 6.45) is 3.48. The first-order valence-corrected chi connectivity index (χ1v) is 8.48. The lowest BCUT2D eigenvalue weighted by Gasteiger charge is -2.19. The van der Waals surface area contributed by atoms with Crippen molar-refractivity contribution in [1.82, 2.24) is 5.32 Å². The molecule has 4 heteroatoms. The van der Waals surface area contributed by atoms with Crippen LogP contribution >= 0.6 is 39.7 Å². The summed E-state index contributed by atoms with van der Waals surface area (Å²) in [4.78, 5) is 1.47. The fraction of sp³-hybridized carbons (Fsp3) is 0.375. The third-order valence-electron chi connectivity index (χ3n) is 3.17. The molecule has 0 aliphatic heterocycles. The fourth-order valence-electron chi connectivity index (χ4n) is 2.14. The molecule has 1 unspecified atom stereocenters. The van der Waals surface area contributed by atoms with E-state index in [2.05, 4.69) is 69.9 Å². The molecule has 1 heterocycles. The van der Waals surface area contributed by atoms with Crippen molar-refractivity contribution in [3.63, 3.8) is 0 Å². The summed E-state index contributed by atoms with van der Waals surface area (Å²) >= 11 is 5.35. The quantitative estimate of drug-likeness (QED) is 0.664. The molecule has 2 rings (SSSR count). The van der Waals surface area contributed by atoms with Crippen LogP contribution in [-0.2, 0) is 6.42 Å². The number of hydrogen-bond acceptors (Lipinski definition) is 2. The van der Waals surface area contributed by atoms with Crippen LogP contribution in [0.4, 0.5) is 0 Å². The lowest BCUT2D eigenvalue weighted by atomic mass is 10.0. The second-order valence-corrected chi connectivity index (χ2v) is 6.62. The SMILES string of the molecule is CCCNC(CCc1cccs1)c1ccc(Br)cc1.Cl. The monoisotopic (exact) mass is 373 g/mol. The van der Waals surface area contributed by atoms with Gasteiger partial charge in [-0.3, -0.25) is 0 Å². The van der Waals surface area contributed by atoms with Gasteiger partial charge in [0.15, 0.2) is 0 Å². The van der Waals surface area contributed by atoms with E-state index in [9.17, 15) is 0 Å². The standard InChI is InChI=1S/C16H20BrNS.ClH/c1-2-11-18-16(10-9-15-4-3-12-19-15)13-5-7-14(17)8-6-13;/h3-8,12,16,18H,2,9-11H2,1H3;1H. The van der Waals surface area contributed by atoms with E-state index in [0.29, 0.717) is 6.04 Å². The number of hydrogen-bond donors (Lipinski definition) is 1. The zero-order valence-corrected chi connectivity index (χ0v) is 14.9.